The first-order valence-corrected chi connectivity index (χ1v) is 7.16. The Labute approximate surface area is 132 Å². The third-order valence-electron chi connectivity index (χ3n) is 3.30. The van der Waals surface area contributed by atoms with Gasteiger partial charge in [-0.2, -0.15) is 0 Å². The first kappa shape index (κ1) is 18.0. The van der Waals surface area contributed by atoms with Gasteiger partial charge in [0.05, 0.1) is 26.2 Å². The van der Waals surface area contributed by atoms with Crippen molar-refractivity contribution in [1.82, 2.24) is 15.1 Å². The molecule has 0 aliphatic rings. The zero-order valence-electron chi connectivity index (χ0n) is 13.9. The van der Waals surface area contributed by atoms with Gasteiger partial charge < -0.3 is 15.0 Å². The largest absolute Gasteiger partial charge is 0.496 e. The summed E-state index contributed by atoms with van der Waals surface area (Å²) >= 11 is 0. The molecule has 1 aromatic rings. The molecule has 0 aliphatic heterocycles. The molecule has 0 heterocycles. The van der Waals surface area contributed by atoms with Crippen LogP contribution in [0.15, 0.2) is 24.3 Å². The standard InChI is InChI=1S/C16H25N3O3/c1-12(13-8-6-7-9-14(13)22-5)17-15(20)10-19(4)11-16(21)18(2)3/h6-9,12H,10-11H2,1-5H3,(H,17,20). The van der Waals surface area contributed by atoms with E-state index in [1.807, 2.05) is 31.2 Å². The van der Waals surface area contributed by atoms with E-state index in [-0.39, 0.29) is 30.9 Å². The van der Waals surface area contributed by atoms with Crippen LogP contribution in [-0.4, -0.2) is 63.0 Å². The number of para-hydroxylation sites is 1. The van der Waals surface area contributed by atoms with Crippen LogP contribution in [0.5, 0.6) is 5.75 Å². The van der Waals surface area contributed by atoms with Gasteiger partial charge in [0, 0.05) is 19.7 Å². The third-order valence-corrected chi connectivity index (χ3v) is 3.30. The molecule has 1 unspecified atom stereocenters. The van der Waals surface area contributed by atoms with E-state index in [9.17, 15) is 9.59 Å². The van der Waals surface area contributed by atoms with Crippen LogP contribution in [0.1, 0.15) is 18.5 Å². The van der Waals surface area contributed by atoms with Crippen molar-refractivity contribution >= 4 is 11.8 Å². The van der Waals surface area contributed by atoms with Crippen molar-refractivity contribution in [3.8, 4) is 5.75 Å². The molecule has 22 heavy (non-hydrogen) atoms. The normalized spacial score (nSPS) is 11.9. The number of amides is 2. The second kappa shape index (κ2) is 8.38. The lowest BCUT2D eigenvalue weighted by atomic mass is 10.1. The predicted molar refractivity (Wildman–Crippen MR) is 85.7 cm³/mol. The molecule has 0 spiro atoms. The van der Waals surface area contributed by atoms with E-state index in [4.69, 9.17) is 4.74 Å². The summed E-state index contributed by atoms with van der Waals surface area (Å²) in [5.74, 6) is 0.576. The number of ether oxygens (including phenoxy) is 1. The van der Waals surface area contributed by atoms with Crippen LogP contribution in [-0.2, 0) is 9.59 Å². The predicted octanol–water partition coefficient (Wildman–Crippen LogP) is 0.892. The summed E-state index contributed by atoms with van der Waals surface area (Å²) in [6, 6.07) is 7.41. The number of carbonyl (C=O) groups is 2. The number of nitrogens with one attached hydrogen (secondary N) is 1. The summed E-state index contributed by atoms with van der Waals surface area (Å²) in [6.07, 6.45) is 0. The summed E-state index contributed by atoms with van der Waals surface area (Å²) < 4.78 is 5.30. The Morgan fingerprint density at radius 3 is 2.41 bits per heavy atom. The number of rotatable bonds is 7. The van der Waals surface area contributed by atoms with E-state index < -0.39 is 0 Å². The van der Waals surface area contributed by atoms with Gasteiger partial charge in [-0.3, -0.25) is 14.5 Å². The minimum absolute atomic E-state index is 0.0342. The van der Waals surface area contributed by atoms with Crippen molar-refractivity contribution < 1.29 is 14.3 Å². The zero-order chi connectivity index (χ0) is 16.7. The lowest BCUT2D eigenvalue weighted by Gasteiger charge is -2.21. The molecular weight excluding hydrogens is 282 g/mol. The molecule has 0 saturated heterocycles. The first-order valence-electron chi connectivity index (χ1n) is 7.16. The average Bonchev–Trinajstić information content (AvgIpc) is 2.46. The fourth-order valence-electron chi connectivity index (χ4n) is 2.06. The Morgan fingerprint density at radius 1 is 1.18 bits per heavy atom. The number of nitrogens with zero attached hydrogens (tertiary/aromatic N) is 2. The van der Waals surface area contributed by atoms with Crippen LogP contribution >= 0.6 is 0 Å². The highest BCUT2D eigenvalue weighted by atomic mass is 16.5. The van der Waals surface area contributed by atoms with E-state index in [0.717, 1.165) is 11.3 Å². The smallest absolute Gasteiger partial charge is 0.236 e. The van der Waals surface area contributed by atoms with Crippen LogP contribution in [0.3, 0.4) is 0 Å². The van der Waals surface area contributed by atoms with Crippen molar-refractivity contribution in [3.63, 3.8) is 0 Å². The minimum Gasteiger partial charge on any atom is -0.496 e. The van der Waals surface area contributed by atoms with Crippen molar-refractivity contribution in [2.24, 2.45) is 0 Å². The molecule has 6 nitrogen and oxygen atoms in total. The number of benzene rings is 1. The second-order valence-corrected chi connectivity index (χ2v) is 5.49. The highest BCUT2D eigenvalue weighted by molar-refractivity contribution is 5.81. The fraction of sp³-hybridized carbons (Fsp3) is 0.500. The number of likely N-dealkylation sites (N-methyl/N-ethyl adjacent to an activating group) is 2. The van der Waals surface area contributed by atoms with Gasteiger partial charge in [0.1, 0.15) is 5.75 Å². The first-order chi connectivity index (χ1) is 10.3. The van der Waals surface area contributed by atoms with Crippen molar-refractivity contribution in [1.29, 1.82) is 0 Å². The second-order valence-electron chi connectivity index (χ2n) is 5.49. The van der Waals surface area contributed by atoms with Crippen molar-refractivity contribution in [3.05, 3.63) is 29.8 Å². The lowest BCUT2D eigenvalue weighted by Crippen LogP contribution is -2.41. The minimum atomic E-state index is -0.165. The number of methoxy groups -OCH3 is 1. The zero-order valence-corrected chi connectivity index (χ0v) is 13.9. The third kappa shape index (κ3) is 5.37. The molecule has 0 saturated carbocycles. The van der Waals surface area contributed by atoms with Gasteiger partial charge in [0.15, 0.2) is 0 Å². The molecule has 6 heteroatoms. The summed E-state index contributed by atoms with van der Waals surface area (Å²) in [7, 11) is 6.74. The van der Waals surface area contributed by atoms with Gasteiger partial charge in [-0.1, -0.05) is 18.2 Å². The molecule has 122 valence electrons. The van der Waals surface area contributed by atoms with Crippen LogP contribution < -0.4 is 10.1 Å². The number of hydrogen-bond acceptors (Lipinski definition) is 4. The molecule has 0 fully saturated rings. The Kier molecular flexibility index (Phi) is 6.85. The average molecular weight is 307 g/mol. The van der Waals surface area contributed by atoms with Crippen LogP contribution in [0, 0.1) is 0 Å². The van der Waals surface area contributed by atoms with E-state index in [0.29, 0.717) is 0 Å². The number of hydrogen-bond donors (Lipinski definition) is 1. The molecule has 1 rings (SSSR count). The van der Waals surface area contributed by atoms with Crippen molar-refractivity contribution in [2.45, 2.75) is 13.0 Å². The Bertz CT molecular complexity index is 517. The summed E-state index contributed by atoms with van der Waals surface area (Å²) in [4.78, 5) is 26.9. The highest BCUT2D eigenvalue weighted by Crippen LogP contribution is 2.24. The van der Waals surface area contributed by atoms with Gasteiger partial charge in [0.2, 0.25) is 11.8 Å². The monoisotopic (exact) mass is 307 g/mol. The van der Waals surface area contributed by atoms with Gasteiger partial charge >= 0.3 is 0 Å². The maximum Gasteiger partial charge on any atom is 0.236 e. The maximum absolute atomic E-state index is 12.1. The van der Waals surface area contributed by atoms with Gasteiger partial charge in [-0.15, -0.1) is 0 Å². The molecule has 2 amide bonds. The number of carbonyl (C=O) groups excluding carboxylic acids is 2. The van der Waals surface area contributed by atoms with E-state index in [1.165, 1.54) is 4.90 Å². The molecule has 1 aromatic carbocycles. The molecule has 0 aromatic heterocycles. The Hall–Kier alpha value is -2.08. The summed E-state index contributed by atoms with van der Waals surface area (Å²) in [5.41, 5.74) is 0.922. The SMILES string of the molecule is COc1ccccc1C(C)NC(=O)CN(C)CC(=O)N(C)C. The summed E-state index contributed by atoms with van der Waals surface area (Å²) in [5, 5.41) is 2.92. The molecule has 1 atom stereocenters. The maximum atomic E-state index is 12.1. The van der Waals surface area contributed by atoms with Gasteiger partial charge in [-0.25, -0.2) is 0 Å². The highest BCUT2D eigenvalue weighted by Gasteiger charge is 2.16. The summed E-state index contributed by atoms with van der Waals surface area (Å²) in [6.45, 7) is 2.28. The topological polar surface area (TPSA) is 61.9 Å². The van der Waals surface area contributed by atoms with E-state index in [2.05, 4.69) is 5.32 Å². The van der Waals surface area contributed by atoms with E-state index in [1.54, 1.807) is 33.2 Å². The fourth-order valence-corrected chi connectivity index (χ4v) is 2.06. The molecule has 0 aliphatic carbocycles. The van der Waals surface area contributed by atoms with Gasteiger partial charge in [-0.05, 0) is 20.0 Å². The molecule has 0 radical (unpaired) electrons. The quantitative estimate of drug-likeness (QED) is 0.813. The molecule has 1 N–H and O–H groups in total. The van der Waals surface area contributed by atoms with Crippen LogP contribution in [0.25, 0.3) is 0 Å². The van der Waals surface area contributed by atoms with Crippen LogP contribution in [0.2, 0.25) is 0 Å². The Morgan fingerprint density at radius 2 is 1.82 bits per heavy atom. The van der Waals surface area contributed by atoms with Crippen molar-refractivity contribution in [2.75, 3.05) is 41.3 Å². The molecular formula is C16H25N3O3. The lowest BCUT2D eigenvalue weighted by molar-refractivity contribution is -0.130. The molecule has 0 bridgehead atoms. The van der Waals surface area contributed by atoms with E-state index >= 15 is 0 Å². The Balaban J connectivity index is 2.55. The van der Waals surface area contributed by atoms with Gasteiger partial charge in [0.25, 0.3) is 0 Å². The van der Waals surface area contributed by atoms with Crippen LogP contribution in [0.4, 0.5) is 0 Å².